The summed E-state index contributed by atoms with van der Waals surface area (Å²) in [6.45, 7) is 2.13. The van der Waals surface area contributed by atoms with Crippen LogP contribution in [0.15, 0.2) is 18.2 Å². The van der Waals surface area contributed by atoms with Gasteiger partial charge in [-0.05, 0) is 37.6 Å². The van der Waals surface area contributed by atoms with Crippen molar-refractivity contribution in [3.05, 3.63) is 35.4 Å². The van der Waals surface area contributed by atoms with Crippen LogP contribution < -0.4 is 5.32 Å². The van der Waals surface area contributed by atoms with E-state index in [0.717, 1.165) is 25.3 Å². The molecule has 1 nitrogen and oxygen atoms in total. The highest BCUT2D eigenvalue weighted by Crippen LogP contribution is 2.12. The van der Waals surface area contributed by atoms with Crippen molar-refractivity contribution in [1.29, 1.82) is 0 Å². The summed E-state index contributed by atoms with van der Waals surface area (Å²) in [5.74, 6) is -0.999. The molecule has 16 heavy (non-hydrogen) atoms. The maximum absolute atomic E-state index is 13.0. The summed E-state index contributed by atoms with van der Waals surface area (Å²) < 4.78 is 25.9. The van der Waals surface area contributed by atoms with Gasteiger partial charge in [0.25, 0.3) is 0 Å². The molecule has 0 aliphatic carbocycles. The first-order valence-electron chi connectivity index (χ1n) is 5.78. The molecule has 0 spiro atoms. The van der Waals surface area contributed by atoms with Gasteiger partial charge in [-0.15, -0.1) is 0 Å². The summed E-state index contributed by atoms with van der Waals surface area (Å²) >= 11 is 0. The van der Waals surface area contributed by atoms with E-state index in [2.05, 4.69) is 12.2 Å². The molecular weight excluding hydrogens is 208 g/mol. The first kappa shape index (κ1) is 13.1. The highest BCUT2D eigenvalue weighted by atomic mass is 19.1. The summed E-state index contributed by atoms with van der Waals surface area (Å²) in [5.41, 5.74) is 0.716. The summed E-state index contributed by atoms with van der Waals surface area (Å²) in [6.07, 6.45) is 3.97. The molecule has 0 heterocycles. The fraction of sp³-hybridized carbons (Fsp3) is 0.538. The molecule has 1 aromatic rings. The lowest BCUT2D eigenvalue weighted by Gasteiger charge is -2.15. The van der Waals surface area contributed by atoms with Gasteiger partial charge >= 0.3 is 0 Å². The highest BCUT2D eigenvalue weighted by Gasteiger charge is 2.08. The summed E-state index contributed by atoms with van der Waals surface area (Å²) in [7, 11) is 1.88. The number of rotatable bonds is 6. The predicted molar refractivity (Wildman–Crippen MR) is 62.4 cm³/mol. The van der Waals surface area contributed by atoms with Crippen LogP contribution in [0.5, 0.6) is 0 Å². The summed E-state index contributed by atoms with van der Waals surface area (Å²) in [6, 6.07) is 4.00. The molecule has 1 aromatic carbocycles. The van der Waals surface area contributed by atoms with Crippen LogP contribution >= 0.6 is 0 Å². The molecule has 0 bridgehead atoms. The van der Waals surface area contributed by atoms with Crippen molar-refractivity contribution >= 4 is 0 Å². The molecule has 1 unspecified atom stereocenters. The van der Waals surface area contributed by atoms with E-state index >= 15 is 0 Å². The lowest BCUT2D eigenvalue weighted by Crippen LogP contribution is -2.27. The van der Waals surface area contributed by atoms with E-state index in [-0.39, 0.29) is 0 Å². The second-order valence-electron chi connectivity index (χ2n) is 4.11. The van der Waals surface area contributed by atoms with Crippen LogP contribution in [0.2, 0.25) is 0 Å². The Morgan fingerprint density at radius 3 is 2.31 bits per heavy atom. The predicted octanol–water partition coefficient (Wildman–Crippen LogP) is 3.29. The minimum absolute atomic E-state index is 0.293. The molecule has 0 aliphatic heterocycles. The van der Waals surface area contributed by atoms with Crippen molar-refractivity contribution in [2.24, 2.45) is 0 Å². The van der Waals surface area contributed by atoms with E-state index < -0.39 is 11.6 Å². The molecule has 0 saturated heterocycles. The average molecular weight is 227 g/mol. The molecule has 1 N–H and O–H groups in total. The Morgan fingerprint density at radius 1 is 1.19 bits per heavy atom. The quantitative estimate of drug-likeness (QED) is 0.786. The van der Waals surface area contributed by atoms with Gasteiger partial charge in [0.05, 0.1) is 0 Å². The minimum Gasteiger partial charge on any atom is -0.317 e. The monoisotopic (exact) mass is 227 g/mol. The van der Waals surface area contributed by atoms with Crippen molar-refractivity contribution in [3.63, 3.8) is 0 Å². The number of nitrogens with one attached hydrogen (secondary N) is 1. The highest BCUT2D eigenvalue weighted by molar-refractivity contribution is 5.18. The maximum Gasteiger partial charge on any atom is 0.126 e. The third kappa shape index (κ3) is 4.27. The zero-order valence-corrected chi connectivity index (χ0v) is 9.89. The molecule has 0 saturated carbocycles. The molecule has 0 amide bonds. The van der Waals surface area contributed by atoms with Crippen LogP contribution in [0.1, 0.15) is 31.7 Å². The van der Waals surface area contributed by atoms with Crippen molar-refractivity contribution < 1.29 is 8.78 Å². The Bertz CT molecular complexity index is 305. The second-order valence-corrected chi connectivity index (χ2v) is 4.11. The Kier molecular flexibility index (Phi) is 5.39. The second kappa shape index (κ2) is 6.59. The Morgan fingerprint density at radius 2 is 1.81 bits per heavy atom. The van der Waals surface area contributed by atoms with E-state index in [1.807, 2.05) is 7.05 Å². The largest absolute Gasteiger partial charge is 0.317 e. The number of benzene rings is 1. The molecule has 0 aromatic heterocycles. The normalized spacial score (nSPS) is 12.8. The zero-order chi connectivity index (χ0) is 12.0. The van der Waals surface area contributed by atoms with Crippen LogP contribution in [-0.2, 0) is 6.42 Å². The minimum atomic E-state index is -0.500. The smallest absolute Gasteiger partial charge is 0.126 e. The fourth-order valence-electron chi connectivity index (χ4n) is 1.81. The molecule has 1 rings (SSSR count). The maximum atomic E-state index is 13.0. The van der Waals surface area contributed by atoms with Gasteiger partial charge in [-0.25, -0.2) is 8.78 Å². The van der Waals surface area contributed by atoms with Gasteiger partial charge < -0.3 is 5.32 Å². The number of halogens is 2. The molecule has 0 aliphatic rings. The standard InChI is InChI=1S/C13H19F2N/c1-3-4-5-13(16-2)8-10-6-11(14)9-12(15)7-10/h6-7,9,13,16H,3-5,8H2,1-2H3. The van der Waals surface area contributed by atoms with Crippen LogP contribution in [-0.4, -0.2) is 13.1 Å². The molecule has 0 radical (unpaired) electrons. The SMILES string of the molecule is CCCCC(Cc1cc(F)cc(F)c1)NC. The molecule has 90 valence electrons. The Hall–Kier alpha value is -0.960. The van der Waals surface area contributed by atoms with Gasteiger partial charge in [-0.1, -0.05) is 19.8 Å². The van der Waals surface area contributed by atoms with Gasteiger partial charge in [0.1, 0.15) is 11.6 Å². The lowest BCUT2D eigenvalue weighted by molar-refractivity contribution is 0.494. The number of likely N-dealkylation sites (N-methyl/N-ethyl adjacent to an activating group) is 1. The first-order chi connectivity index (χ1) is 7.65. The summed E-state index contributed by atoms with van der Waals surface area (Å²) in [5, 5.41) is 3.18. The van der Waals surface area contributed by atoms with Gasteiger partial charge in [0, 0.05) is 12.1 Å². The van der Waals surface area contributed by atoms with Gasteiger partial charge in [-0.2, -0.15) is 0 Å². The number of hydrogen-bond donors (Lipinski definition) is 1. The van der Waals surface area contributed by atoms with Crippen LogP contribution in [0, 0.1) is 11.6 Å². The van der Waals surface area contributed by atoms with E-state index in [4.69, 9.17) is 0 Å². The third-order valence-electron chi connectivity index (χ3n) is 2.72. The van der Waals surface area contributed by atoms with Gasteiger partial charge in [0.15, 0.2) is 0 Å². The molecule has 0 fully saturated rings. The lowest BCUT2D eigenvalue weighted by atomic mass is 10.0. The van der Waals surface area contributed by atoms with Crippen molar-refractivity contribution in [3.8, 4) is 0 Å². The summed E-state index contributed by atoms with van der Waals surface area (Å²) in [4.78, 5) is 0. The van der Waals surface area contributed by atoms with Gasteiger partial charge in [0.2, 0.25) is 0 Å². The number of hydrogen-bond acceptors (Lipinski definition) is 1. The van der Waals surface area contributed by atoms with E-state index in [1.54, 1.807) is 0 Å². The molecule has 1 atom stereocenters. The third-order valence-corrected chi connectivity index (χ3v) is 2.72. The van der Waals surface area contributed by atoms with Crippen LogP contribution in [0.3, 0.4) is 0 Å². The molecule has 3 heteroatoms. The van der Waals surface area contributed by atoms with Crippen LogP contribution in [0.25, 0.3) is 0 Å². The average Bonchev–Trinajstić information content (AvgIpc) is 2.22. The fourth-order valence-corrected chi connectivity index (χ4v) is 1.81. The van der Waals surface area contributed by atoms with Gasteiger partial charge in [-0.3, -0.25) is 0 Å². The Labute approximate surface area is 95.9 Å². The van der Waals surface area contributed by atoms with E-state index in [9.17, 15) is 8.78 Å². The van der Waals surface area contributed by atoms with Crippen LogP contribution in [0.4, 0.5) is 8.78 Å². The van der Waals surface area contributed by atoms with Crippen molar-refractivity contribution in [2.45, 2.75) is 38.6 Å². The Balaban J connectivity index is 2.62. The zero-order valence-electron chi connectivity index (χ0n) is 9.89. The van der Waals surface area contributed by atoms with E-state index in [1.165, 1.54) is 12.1 Å². The van der Waals surface area contributed by atoms with Crippen molar-refractivity contribution in [1.82, 2.24) is 5.32 Å². The first-order valence-corrected chi connectivity index (χ1v) is 5.78. The topological polar surface area (TPSA) is 12.0 Å². The molecular formula is C13H19F2N. The van der Waals surface area contributed by atoms with E-state index in [0.29, 0.717) is 18.0 Å². The van der Waals surface area contributed by atoms with Crippen molar-refractivity contribution in [2.75, 3.05) is 7.05 Å². The number of unbranched alkanes of at least 4 members (excludes halogenated alkanes) is 1.